The van der Waals surface area contributed by atoms with Crippen molar-refractivity contribution in [3.63, 3.8) is 0 Å². The van der Waals surface area contributed by atoms with Gasteiger partial charge in [-0.1, -0.05) is 5.92 Å². The standard InChI is InChI=1S/C11H9NO/c1-2-8-3-4-9-10(7-8)12-6-5-11(9)13/h1,3-5,7,12-13H,6H2. The monoisotopic (exact) mass is 171 g/mol. The predicted molar refractivity (Wildman–Crippen MR) is 53.5 cm³/mol. The van der Waals surface area contributed by atoms with Gasteiger partial charge in [-0.25, -0.2) is 0 Å². The van der Waals surface area contributed by atoms with E-state index in [9.17, 15) is 5.11 Å². The van der Waals surface area contributed by atoms with E-state index in [1.165, 1.54) is 0 Å². The van der Waals surface area contributed by atoms with Crippen molar-refractivity contribution < 1.29 is 5.11 Å². The second-order valence-corrected chi connectivity index (χ2v) is 2.87. The van der Waals surface area contributed by atoms with E-state index >= 15 is 0 Å². The van der Waals surface area contributed by atoms with E-state index in [0.717, 1.165) is 16.8 Å². The summed E-state index contributed by atoms with van der Waals surface area (Å²) in [6.07, 6.45) is 7.00. The molecule has 0 saturated carbocycles. The fourth-order valence-corrected chi connectivity index (χ4v) is 1.37. The maximum absolute atomic E-state index is 9.49. The van der Waals surface area contributed by atoms with Crippen LogP contribution in [0.1, 0.15) is 11.1 Å². The Bertz CT molecular complexity index is 413. The lowest BCUT2D eigenvalue weighted by atomic mass is 10.0. The van der Waals surface area contributed by atoms with E-state index in [2.05, 4.69) is 11.2 Å². The van der Waals surface area contributed by atoms with Gasteiger partial charge >= 0.3 is 0 Å². The van der Waals surface area contributed by atoms with E-state index in [0.29, 0.717) is 12.3 Å². The molecule has 2 nitrogen and oxygen atoms in total. The van der Waals surface area contributed by atoms with Crippen molar-refractivity contribution in [2.75, 3.05) is 11.9 Å². The average Bonchev–Trinajstić information content (AvgIpc) is 2.18. The van der Waals surface area contributed by atoms with Crippen molar-refractivity contribution in [1.82, 2.24) is 0 Å². The Hall–Kier alpha value is -1.88. The summed E-state index contributed by atoms with van der Waals surface area (Å²) in [5.41, 5.74) is 2.53. The van der Waals surface area contributed by atoms with Crippen LogP contribution in [0.3, 0.4) is 0 Å². The van der Waals surface area contributed by atoms with Crippen LogP contribution in [0.4, 0.5) is 5.69 Å². The molecule has 0 saturated heterocycles. The highest BCUT2D eigenvalue weighted by molar-refractivity contribution is 5.76. The van der Waals surface area contributed by atoms with Gasteiger partial charge in [0.15, 0.2) is 0 Å². The van der Waals surface area contributed by atoms with Crippen molar-refractivity contribution in [2.45, 2.75) is 0 Å². The first kappa shape index (κ1) is 7.75. The number of nitrogens with one attached hydrogen (secondary N) is 1. The van der Waals surface area contributed by atoms with E-state index in [1.807, 2.05) is 18.2 Å². The first-order valence-corrected chi connectivity index (χ1v) is 4.05. The number of fused-ring (bicyclic) bond motifs is 1. The molecule has 0 aliphatic carbocycles. The van der Waals surface area contributed by atoms with Crippen molar-refractivity contribution in [3.05, 3.63) is 35.4 Å². The average molecular weight is 171 g/mol. The molecular formula is C11H9NO. The topological polar surface area (TPSA) is 32.3 Å². The van der Waals surface area contributed by atoms with Crippen LogP contribution in [0.25, 0.3) is 5.76 Å². The number of benzene rings is 1. The fraction of sp³-hybridized carbons (Fsp3) is 0.0909. The van der Waals surface area contributed by atoms with Gasteiger partial charge in [0.1, 0.15) is 5.76 Å². The zero-order valence-electron chi connectivity index (χ0n) is 7.04. The number of rotatable bonds is 0. The zero-order chi connectivity index (χ0) is 9.26. The van der Waals surface area contributed by atoms with Crippen LogP contribution >= 0.6 is 0 Å². The number of aliphatic hydroxyl groups is 1. The van der Waals surface area contributed by atoms with Gasteiger partial charge in [-0.15, -0.1) is 6.42 Å². The largest absolute Gasteiger partial charge is 0.508 e. The van der Waals surface area contributed by atoms with Crippen molar-refractivity contribution in [2.24, 2.45) is 0 Å². The molecular weight excluding hydrogens is 162 g/mol. The van der Waals surface area contributed by atoms with Crippen molar-refractivity contribution in [3.8, 4) is 12.3 Å². The Labute approximate surface area is 76.9 Å². The number of terminal acetylenes is 1. The minimum atomic E-state index is 0.317. The Balaban J connectivity index is 2.55. The third kappa shape index (κ3) is 1.25. The molecule has 1 heterocycles. The van der Waals surface area contributed by atoms with E-state index in [4.69, 9.17) is 6.42 Å². The summed E-state index contributed by atoms with van der Waals surface area (Å²) in [4.78, 5) is 0. The van der Waals surface area contributed by atoms with Gasteiger partial charge in [0.2, 0.25) is 0 Å². The lowest BCUT2D eigenvalue weighted by Gasteiger charge is -2.15. The Morgan fingerprint density at radius 2 is 2.31 bits per heavy atom. The molecule has 2 N–H and O–H groups in total. The molecule has 0 bridgehead atoms. The first-order valence-electron chi connectivity index (χ1n) is 4.05. The SMILES string of the molecule is C#Cc1ccc2c(c1)NCC=C2O. The number of anilines is 1. The molecule has 1 aliphatic heterocycles. The Kier molecular flexibility index (Phi) is 1.71. The quantitative estimate of drug-likeness (QED) is 0.585. The third-order valence-electron chi connectivity index (χ3n) is 2.05. The van der Waals surface area contributed by atoms with Crippen LogP contribution in [0.5, 0.6) is 0 Å². The number of aliphatic hydroxyl groups excluding tert-OH is 1. The highest BCUT2D eigenvalue weighted by atomic mass is 16.3. The normalized spacial score (nSPS) is 13.6. The van der Waals surface area contributed by atoms with E-state index in [-0.39, 0.29) is 0 Å². The summed E-state index contributed by atoms with van der Waals surface area (Å²) in [7, 11) is 0. The Morgan fingerprint density at radius 3 is 3.08 bits per heavy atom. The molecule has 0 atom stereocenters. The van der Waals surface area contributed by atoms with Crippen LogP contribution in [-0.2, 0) is 0 Å². The highest BCUT2D eigenvalue weighted by Crippen LogP contribution is 2.26. The van der Waals surface area contributed by atoms with Crippen LogP contribution in [-0.4, -0.2) is 11.7 Å². The van der Waals surface area contributed by atoms with E-state index in [1.54, 1.807) is 6.08 Å². The molecule has 2 rings (SSSR count). The van der Waals surface area contributed by atoms with Crippen molar-refractivity contribution in [1.29, 1.82) is 0 Å². The summed E-state index contributed by atoms with van der Waals surface area (Å²) < 4.78 is 0. The number of hydrogen-bond acceptors (Lipinski definition) is 2. The minimum Gasteiger partial charge on any atom is -0.508 e. The molecule has 64 valence electrons. The fourth-order valence-electron chi connectivity index (χ4n) is 1.37. The highest BCUT2D eigenvalue weighted by Gasteiger charge is 2.10. The molecule has 0 fully saturated rings. The van der Waals surface area contributed by atoms with Crippen molar-refractivity contribution >= 4 is 11.4 Å². The molecule has 1 aliphatic rings. The molecule has 1 aromatic carbocycles. The molecule has 13 heavy (non-hydrogen) atoms. The summed E-state index contributed by atoms with van der Waals surface area (Å²) in [5, 5.41) is 12.6. The summed E-state index contributed by atoms with van der Waals surface area (Å²) in [5.74, 6) is 2.87. The predicted octanol–water partition coefficient (Wildman–Crippen LogP) is 1.99. The zero-order valence-corrected chi connectivity index (χ0v) is 7.04. The Morgan fingerprint density at radius 1 is 1.46 bits per heavy atom. The molecule has 0 aromatic heterocycles. The minimum absolute atomic E-state index is 0.317. The van der Waals surface area contributed by atoms with Gasteiger partial charge in [0.25, 0.3) is 0 Å². The first-order chi connectivity index (χ1) is 6.31. The third-order valence-corrected chi connectivity index (χ3v) is 2.05. The summed E-state index contributed by atoms with van der Waals surface area (Å²) >= 11 is 0. The molecule has 0 radical (unpaired) electrons. The van der Waals surface area contributed by atoms with Gasteiger partial charge in [-0.05, 0) is 24.3 Å². The second-order valence-electron chi connectivity index (χ2n) is 2.87. The van der Waals surface area contributed by atoms with Gasteiger partial charge in [-0.2, -0.15) is 0 Å². The number of hydrogen-bond donors (Lipinski definition) is 2. The summed E-state index contributed by atoms with van der Waals surface area (Å²) in [6, 6.07) is 5.50. The summed E-state index contributed by atoms with van der Waals surface area (Å²) in [6.45, 7) is 0.646. The van der Waals surface area contributed by atoms with Crippen LogP contribution in [0.2, 0.25) is 0 Å². The molecule has 2 heteroatoms. The van der Waals surface area contributed by atoms with Gasteiger partial charge in [0.05, 0.1) is 0 Å². The van der Waals surface area contributed by atoms with Gasteiger partial charge in [0, 0.05) is 23.4 Å². The van der Waals surface area contributed by atoms with Gasteiger partial charge in [-0.3, -0.25) is 0 Å². The maximum Gasteiger partial charge on any atom is 0.122 e. The molecule has 0 unspecified atom stereocenters. The smallest absolute Gasteiger partial charge is 0.122 e. The van der Waals surface area contributed by atoms with E-state index < -0.39 is 0 Å². The second kappa shape index (κ2) is 2.87. The van der Waals surface area contributed by atoms with Crippen LogP contribution in [0.15, 0.2) is 24.3 Å². The van der Waals surface area contributed by atoms with Gasteiger partial charge < -0.3 is 10.4 Å². The maximum atomic E-state index is 9.49. The molecule has 0 amide bonds. The van der Waals surface area contributed by atoms with Crippen LogP contribution in [0, 0.1) is 12.3 Å². The molecule has 0 spiro atoms. The lowest BCUT2D eigenvalue weighted by molar-refractivity contribution is 0.509. The lowest BCUT2D eigenvalue weighted by Crippen LogP contribution is -2.07. The molecule has 1 aromatic rings. The van der Waals surface area contributed by atoms with Crippen LogP contribution < -0.4 is 5.32 Å².